The molecule has 19 heavy (non-hydrogen) atoms. The molecule has 0 radical (unpaired) electrons. The van der Waals surface area contributed by atoms with Gasteiger partial charge >= 0.3 is 117 Å². The van der Waals surface area contributed by atoms with Crippen LogP contribution in [0.1, 0.15) is 0 Å². The van der Waals surface area contributed by atoms with Crippen molar-refractivity contribution in [1.82, 2.24) is 0 Å². The van der Waals surface area contributed by atoms with Gasteiger partial charge in [0.05, 0.1) is 0 Å². The van der Waals surface area contributed by atoms with Crippen LogP contribution in [0.4, 0.5) is 0 Å². The zero-order valence-corrected chi connectivity index (χ0v) is 10.8. The molecule has 0 fully saturated rings. The van der Waals surface area contributed by atoms with Gasteiger partial charge in [-0.1, -0.05) is 0 Å². The molecule has 1 heterocycles. The van der Waals surface area contributed by atoms with E-state index in [1.165, 1.54) is 0 Å². The van der Waals surface area contributed by atoms with Crippen LogP contribution in [0.5, 0.6) is 5.95 Å². The Morgan fingerprint density at radius 3 is 1.47 bits per heavy atom. The van der Waals surface area contributed by atoms with Gasteiger partial charge in [-0.25, -0.2) is 0 Å². The summed E-state index contributed by atoms with van der Waals surface area (Å²) < 4.78 is 48.1. The van der Waals surface area contributed by atoms with Crippen LogP contribution in [0.15, 0.2) is 22.6 Å². The molecule has 0 spiro atoms. The maximum absolute atomic E-state index is 7.50. The Bertz CT molecular complexity index is 390. The van der Waals surface area contributed by atoms with E-state index >= 15 is 0 Å². The summed E-state index contributed by atoms with van der Waals surface area (Å²) in [6, 6.07) is 5.43. The summed E-state index contributed by atoms with van der Waals surface area (Å²) in [5.41, 5.74) is 0. The Labute approximate surface area is 117 Å². The molecule has 0 unspecified atom stereocenters. The van der Waals surface area contributed by atoms with Crippen LogP contribution in [0, 0.1) is 37.5 Å². The maximum atomic E-state index is 7.50. The summed E-state index contributed by atoms with van der Waals surface area (Å²) in [5.74, 6) is 0.520. The first-order chi connectivity index (χ1) is 9.33. The zero-order valence-electron chi connectivity index (χ0n) is 9.50. The molecule has 0 aliphatic rings. The first kappa shape index (κ1) is 30.3. The summed E-state index contributed by atoms with van der Waals surface area (Å²) >= 11 is 2.73. The zero-order chi connectivity index (χ0) is 16.7. The SMILES string of the molecule is COc1ccc[c](=[Cr])o1.[C-]#[O+].[C-]#[O+].[C-]#[O+].[C-]#[O+].[C-]#[O+]. The van der Waals surface area contributed by atoms with Gasteiger partial charge in [0.25, 0.3) is 0 Å². The van der Waals surface area contributed by atoms with E-state index in [-0.39, 0.29) is 0 Å². The predicted molar refractivity (Wildman–Crippen MR) is 48.2 cm³/mol. The minimum absolute atomic E-state index is 0.520. The van der Waals surface area contributed by atoms with Crippen molar-refractivity contribution < 1.29 is 48.3 Å². The van der Waals surface area contributed by atoms with E-state index in [9.17, 15) is 0 Å². The number of hydrogen-bond acceptors (Lipinski definition) is 2. The normalized spacial score (nSPS) is 4.79. The molecular weight excluding hydrogens is 296 g/mol. The Morgan fingerprint density at radius 1 is 0.895 bits per heavy atom. The second-order valence-corrected chi connectivity index (χ2v) is 2.10. The van der Waals surface area contributed by atoms with Gasteiger partial charge < -0.3 is 0 Å². The first-order valence-corrected chi connectivity index (χ1v) is 4.13. The van der Waals surface area contributed by atoms with Crippen LogP contribution in [0.25, 0.3) is 0 Å². The molecule has 0 bridgehead atoms. The van der Waals surface area contributed by atoms with E-state index in [4.69, 9.17) is 32.4 Å². The quantitative estimate of drug-likeness (QED) is 0.571. The van der Waals surface area contributed by atoms with Gasteiger partial charge in [0.1, 0.15) is 0 Å². The van der Waals surface area contributed by atoms with Crippen LogP contribution in [0.2, 0.25) is 0 Å². The Morgan fingerprint density at radius 2 is 1.26 bits per heavy atom. The molecule has 8 heteroatoms. The Hall–Kier alpha value is -1.82. The van der Waals surface area contributed by atoms with Crippen LogP contribution in [-0.2, 0) is 39.1 Å². The molecule has 1 rings (SSSR count). The van der Waals surface area contributed by atoms with Crippen LogP contribution < -0.4 is 4.74 Å². The first-order valence-electron chi connectivity index (χ1n) is 3.49. The van der Waals surface area contributed by atoms with E-state index in [1.54, 1.807) is 13.2 Å². The fourth-order valence-corrected chi connectivity index (χ4v) is 0.733. The summed E-state index contributed by atoms with van der Waals surface area (Å²) in [6.45, 7) is 22.5. The van der Waals surface area contributed by atoms with Crippen molar-refractivity contribution in [1.29, 1.82) is 0 Å². The topological polar surface area (TPSA) is 122 Å². The van der Waals surface area contributed by atoms with Gasteiger partial charge in [0.15, 0.2) is 0 Å². The molecule has 0 aliphatic carbocycles. The van der Waals surface area contributed by atoms with Crippen molar-refractivity contribution in [2.24, 2.45) is 0 Å². The average Bonchev–Trinajstić information content (AvgIpc) is 2.57. The van der Waals surface area contributed by atoms with Gasteiger partial charge in [-0.15, -0.1) is 0 Å². The molecule has 0 saturated carbocycles. The number of hydrogen-bond donors (Lipinski definition) is 0. The molecule has 0 aliphatic heterocycles. The Kier molecular flexibility index (Phi) is 70.6. The average molecular weight is 302 g/mol. The number of rotatable bonds is 1. The van der Waals surface area contributed by atoms with E-state index < -0.39 is 0 Å². The van der Waals surface area contributed by atoms with Crippen molar-refractivity contribution in [2.75, 3.05) is 7.11 Å². The van der Waals surface area contributed by atoms with Crippen LogP contribution in [-0.4, -0.2) is 7.11 Å². The summed E-state index contributed by atoms with van der Waals surface area (Å²) in [6.07, 6.45) is 0. The molecular formula is C11H6CrO7. The summed E-state index contributed by atoms with van der Waals surface area (Å²) in [7, 11) is 1.57. The fourth-order valence-electron chi connectivity index (χ4n) is 0.482. The van der Waals surface area contributed by atoms with Gasteiger partial charge in [-0.3, -0.25) is 0 Å². The molecule has 0 aromatic carbocycles. The predicted octanol–water partition coefficient (Wildman–Crippen LogP) is 1.18. The molecule has 98 valence electrons. The van der Waals surface area contributed by atoms with Crippen LogP contribution in [0.3, 0.4) is 0 Å². The molecule has 1 aromatic heterocycles. The Balaban J connectivity index is -0.0000000557. The van der Waals surface area contributed by atoms with Crippen molar-refractivity contribution in [3.05, 3.63) is 55.7 Å². The van der Waals surface area contributed by atoms with E-state index in [0.29, 0.717) is 5.95 Å². The fraction of sp³-hybridized carbons (Fsp3) is 0.0909. The molecule has 0 N–H and O–H groups in total. The third-order valence-corrected chi connectivity index (χ3v) is 1.21. The molecule has 7 nitrogen and oxygen atoms in total. The molecule has 0 atom stereocenters. The minimum atomic E-state index is 0.520. The van der Waals surface area contributed by atoms with Crippen molar-refractivity contribution in [3.8, 4) is 5.95 Å². The van der Waals surface area contributed by atoms with Crippen molar-refractivity contribution in [2.45, 2.75) is 0 Å². The number of methoxy groups -OCH3 is 1. The standard InChI is InChI=1S/C6H6O2.5CO.Cr/c1-7-6-4-2-3-5-8-6;5*1-2;/h2-4H,1H3;;;;;;. The van der Waals surface area contributed by atoms with Gasteiger partial charge in [0.2, 0.25) is 0 Å². The van der Waals surface area contributed by atoms with Crippen molar-refractivity contribution in [3.63, 3.8) is 0 Å². The third-order valence-electron chi connectivity index (χ3n) is 0.867. The summed E-state index contributed by atoms with van der Waals surface area (Å²) in [4.78, 5) is 0. The molecule has 0 saturated heterocycles. The molecule has 0 amide bonds. The monoisotopic (exact) mass is 302 g/mol. The van der Waals surface area contributed by atoms with E-state index in [0.717, 1.165) is 4.22 Å². The van der Waals surface area contributed by atoms with Crippen molar-refractivity contribution >= 4 is 0 Å². The van der Waals surface area contributed by atoms with E-state index in [1.807, 2.05) is 12.1 Å². The second-order valence-electron chi connectivity index (χ2n) is 1.47. The van der Waals surface area contributed by atoms with Crippen LogP contribution >= 0.6 is 0 Å². The molecule has 1 aromatic rings. The van der Waals surface area contributed by atoms with Gasteiger partial charge in [0, 0.05) is 0 Å². The number of ether oxygens (including phenoxy) is 1. The van der Waals surface area contributed by atoms with Gasteiger partial charge in [-0.2, -0.15) is 0 Å². The third kappa shape index (κ3) is 31.4. The van der Waals surface area contributed by atoms with Gasteiger partial charge in [-0.05, 0) is 0 Å². The second kappa shape index (κ2) is 44.2. The van der Waals surface area contributed by atoms with E-state index in [2.05, 4.69) is 49.1 Å². The summed E-state index contributed by atoms with van der Waals surface area (Å²) in [5, 5.41) is 0.